The molecule has 0 aliphatic carbocycles. The van der Waals surface area contributed by atoms with Crippen molar-refractivity contribution in [3.05, 3.63) is 48.3 Å². The number of aromatic nitrogens is 2. The lowest BCUT2D eigenvalue weighted by Crippen LogP contribution is -2.48. The molecule has 1 amide bonds. The number of piperazine rings is 1. The van der Waals surface area contributed by atoms with E-state index in [2.05, 4.69) is 25.1 Å². The first-order chi connectivity index (χ1) is 14.6. The molecule has 0 atom stereocenters. The van der Waals surface area contributed by atoms with Crippen LogP contribution in [-0.4, -0.2) is 72.6 Å². The van der Waals surface area contributed by atoms with E-state index in [4.69, 9.17) is 9.47 Å². The van der Waals surface area contributed by atoms with Gasteiger partial charge in [-0.15, -0.1) is 0 Å². The molecule has 1 fully saturated rings. The zero-order valence-electron chi connectivity index (χ0n) is 17.4. The van der Waals surface area contributed by atoms with Gasteiger partial charge >= 0.3 is 0 Å². The molecule has 2 heterocycles. The highest BCUT2D eigenvalue weighted by molar-refractivity contribution is 5.92. The van der Waals surface area contributed by atoms with Crippen LogP contribution in [0.2, 0.25) is 0 Å². The zero-order chi connectivity index (χ0) is 20.9. The van der Waals surface area contributed by atoms with Crippen molar-refractivity contribution in [3.8, 4) is 11.5 Å². The third kappa shape index (κ3) is 4.90. The Morgan fingerprint density at radius 2 is 1.77 bits per heavy atom. The third-order valence-corrected chi connectivity index (χ3v) is 5.30. The van der Waals surface area contributed by atoms with Gasteiger partial charge < -0.3 is 19.8 Å². The van der Waals surface area contributed by atoms with E-state index in [1.165, 1.54) is 0 Å². The van der Waals surface area contributed by atoms with E-state index in [-0.39, 0.29) is 5.91 Å². The van der Waals surface area contributed by atoms with Crippen LogP contribution < -0.4 is 14.8 Å². The first-order valence-electron chi connectivity index (χ1n) is 10.0. The van der Waals surface area contributed by atoms with Crippen molar-refractivity contribution in [1.29, 1.82) is 0 Å². The predicted molar refractivity (Wildman–Crippen MR) is 116 cm³/mol. The number of rotatable bonds is 7. The van der Waals surface area contributed by atoms with Crippen LogP contribution in [-0.2, 0) is 11.3 Å². The second kappa shape index (κ2) is 9.15. The Kier molecular flexibility index (Phi) is 6.15. The van der Waals surface area contributed by atoms with Crippen molar-refractivity contribution in [2.45, 2.75) is 6.54 Å². The van der Waals surface area contributed by atoms with Crippen LogP contribution >= 0.6 is 0 Å². The number of imidazole rings is 1. The van der Waals surface area contributed by atoms with E-state index < -0.39 is 0 Å². The van der Waals surface area contributed by atoms with E-state index in [1.807, 2.05) is 42.5 Å². The second-order valence-corrected chi connectivity index (χ2v) is 7.40. The molecule has 30 heavy (non-hydrogen) atoms. The average molecular weight is 409 g/mol. The van der Waals surface area contributed by atoms with Crippen LogP contribution in [0.4, 0.5) is 5.69 Å². The van der Waals surface area contributed by atoms with Crippen molar-refractivity contribution in [2.75, 3.05) is 52.3 Å². The summed E-state index contributed by atoms with van der Waals surface area (Å²) >= 11 is 0. The number of benzene rings is 2. The lowest BCUT2D eigenvalue weighted by atomic mass is 10.3. The highest BCUT2D eigenvalue weighted by Gasteiger charge is 2.20. The first kappa shape index (κ1) is 20.2. The van der Waals surface area contributed by atoms with E-state index in [1.54, 1.807) is 14.2 Å². The third-order valence-electron chi connectivity index (χ3n) is 5.30. The van der Waals surface area contributed by atoms with E-state index >= 15 is 0 Å². The maximum absolute atomic E-state index is 12.4. The van der Waals surface area contributed by atoms with E-state index in [0.29, 0.717) is 6.54 Å². The molecule has 0 spiro atoms. The van der Waals surface area contributed by atoms with Gasteiger partial charge in [0, 0.05) is 44.0 Å². The number of H-pyrrole nitrogens is 1. The van der Waals surface area contributed by atoms with Crippen molar-refractivity contribution in [2.24, 2.45) is 0 Å². The number of methoxy groups -OCH3 is 2. The summed E-state index contributed by atoms with van der Waals surface area (Å²) in [5.74, 6) is 2.48. The number of hydrogen-bond acceptors (Lipinski definition) is 6. The average Bonchev–Trinajstić information content (AvgIpc) is 3.16. The molecule has 8 heteroatoms. The molecular weight excluding hydrogens is 382 g/mol. The number of carbonyl (C=O) groups excluding carboxylic acids is 1. The number of nitrogens with one attached hydrogen (secondary N) is 2. The van der Waals surface area contributed by atoms with Gasteiger partial charge in [-0.1, -0.05) is 6.07 Å². The fraction of sp³-hybridized carbons (Fsp3) is 0.364. The van der Waals surface area contributed by atoms with E-state index in [9.17, 15) is 4.79 Å². The summed E-state index contributed by atoms with van der Waals surface area (Å²) in [6, 6.07) is 13.2. The maximum atomic E-state index is 12.4. The second-order valence-electron chi connectivity index (χ2n) is 7.40. The van der Waals surface area contributed by atoms with Crippen LogP contribution in [0, 0.1) is 0 Å². The quantitative estimate of drug-likeness (QED) is 0.623. The number of fused-ring (bicyclic) bond motifs is 1. The van der Waals surface area contributed by atoms with Crippen molar-refractivity contribution < 1.29 is 14.3 Å². The van der Waals surface area contributed by atoms with Crippen molar-refractivity contribution in [3.63, 3.8) is 0 Å². The predicted octanol–water partition coefficient (Wildman–Crippen LogP) is 2.34. The summed E-state index contributed by atoms with van der Waals surface area (Å²) in [4.78, 5) is 24.9. The Hall–Kier alpha value is -3.10. The molecule has 1 aliphatic heterocycles. The molecule has 4 rings (SSSR count). The Morgan fingerprint density at radius 1 is 1.03 bits per heavy atom. The number of aromatic amines is 1. The lowest BCUT2D eigenvalue weighted by molar-refractivity contribution is -0.117. The minimum atomic E-state index is -0.0112. The van der Waals surface area contributed by atoms with Gasteiger partial charge in [0.25, 0.3) is 0 Å². The molecular formula is C22H27N5O3. The van der Waals surface area contributed by atoms with Gasteiger partial charge in [0.1, 0.15) is 17.3 Å². The van der Waals surface area contributed by atoms with Crippen LogP contribution in [0.1, 0.15) is 5.82 Å². The Labute approximate surface area is 175 Å². The lowest BCUT2D eigenvalue weighted by Gasteiger charge is -2.33. The Balaban J connectivity index is 1.26. The molecule has 0 bridgehead atoms. The molecule has 1 aliphatic rings. The smallest absolute Gasteiger partial charge is 0.238 e. The standard InChI is InChI=1S/C22H27N5O3/c1-29-17-5-3-4-16(12-17)23-22(28)15-27-10-8-26(9-11-27)14-21-24-19-7-6-18(30-2)13-20(19)25-21/h3-7,12-13H,8-11,14-15H2,1-2H3,(H,23,28)(H,24,25). The SMILES string of the molecule is COc1cccc(NC(=O)CN2CCN(Cc3nc4ccc(OC)cc4[nH]3)CC2)c1. The maximum Gasteiger partial charge on any atom is 0.238 e. The Morgan fingerprint density at radius 3 is 2.53 bits per heavy atom. The molecule has 0 unspecified atom stereocenters. The van der Waals surface area contributed by atoms with Gasteiger partial charge in [0.2, 0.25) is 5.91 Å². The summed E-state index contributed by atoms with van der Waals surface area (Å²) in [6.07, 6.45) is 0. The Bertz CT molecular complexity index is 1010. The molecule has 2 aromatic carbocycles. The normalized spacial score (nSPS) is 15.3. The van der Waals surface area contributed by atoms with Gasteiger partial charge in [-0.2, -0.15) is 0 Å². The fourth-order valence-corrected chi connectivity index (χ4v) is 3.67. The monoisotopic (exact) mass is 409 g/mol. The number of hydrogen-bond donors (Lipinski definition) is 2. The molecule has 0 radical (unpaired) electrons. The number of carbonyl (C=O) groups is 1. The van der Waals surface area contributed by atoms with Gasteiger partial charge in [0.05, 0.1) is 38.3 Å². The number of ether oxygens (including phenoxy) is 2. The van der Waals surface area contributed by atoms with Gasteiger partial charge in [0.15, 0.2) is 0 Å². The molecule has 2 N–H and O–H groups in total. The summed E-state index contributed by atoms with van der Waals surface area (Å²) in [6.45, 7) is 4.63. The minimum Gasteiger partial charge on any atom is -0.497 e. The van der Waals surface area contributed by atoms with Gasteiger partial charge in [-0.3, -0.25) is 14.6 Å². The highest BCUT2D eigenvalue weighted by Crippen LogP contribution is 2.20. The van der Waals surface area contributed by atoms with Crippen LogP contribution in [0.25, 0.3) is 11.0 Å². The number of nitrogens with zero attached hydrogens (tertiary/aromatic N) is 3. The minimum absolute atomic E-state index is 0.0112. The summed E-state index contributed by atoms with van der Waals surface area (Å²) in [7, 11) is 3.28. The molecule has 0 saturated carbocycles. The number of anilines is 1. The highest BCUT2D eigenvalue weighted by atomic mass is 16.5. The number of amides is 1. The summed E-state index contributed by atoms with van der Waals surface area (Å²) in [5, 5.41) is 2.94. The summed E-state index contributed by atoms with van der Waals surface area (Å²) in [5.41, 5.74) is 2.68. The van der Waals surface area contributed by atoms with Crippen molar-refractivity contribution in [1.82, 2.24) is 19.8 Å². The summed E-state index contributed by atoms with van der Waals surface area (Å²) < 4.78 is 10.5. The molecule has 1 saturated heterocycles. The van der Waals surface area contributed by atoms with Gasteiger partial charge in [-0.25, -0.2) is 4.98 Å². The largest absolute Gasteiger partial charge is 0.497 e. The van der Waals surface area contributed by atoms with Crippen LogP contribution in [0.15, 0.2) is 42.5 Å². The zero-order valence-corrected chi connectivity index (χ0v) is 17.4. The molecule has 3 aromatic rings. The molecule has 8 nitrogen and oxygen atoms in total. The topological polar surface area (TPSA) is 82.7 Å². The molecule has 158 valence electrons. The first-order valence-corrected chi connectivity index (χ1v) is 10.0. The van der Waals surface area contributed by atoms with E-state index in [0.717, 1.165) is 66.8 Å². The van der Waals surface area contributed by atoms with Gasteiger partial charge in [-0.05, 0) is 24.3 Å². The molecule has 1 aromatic heterocycles. The van der Waals surface area contributed by atoms with Crippen LogP contribution in [0.3, 0.4) is 0 Å². The fourth-order valence-electron chi connectivity index (χ4n) is 3.67. The van der Waals surface area contributed by atoms with Crippen molar-refractivity contribution >= 4 is 22.6 Å². The van der Waals surface area contributed by atoms with Crippen LogP contribution in [0.5, 0.6) is 11.5 Å².